The number of halogens is 1. The van der Waals surface area contributed by atoms with Crippen LogP contribution in [0.5, 0.6) is 0 Å². The number of aromatic amines is 1. The van der Waals surface area contributed by atoms with Crippen LogP contribution < -0.4 is 5.32 Å². The molecule has 0 radical (unpaired) electrons. The lowest BCUT2D eigenvalue weighted by Crippen LogP contribution is -1.98. The molecule has 0 unspecified atom stereocenters. The molecule has 0 spiro atoms. The average molecular weight is 301 g/mol. The Balaban J connectivity index is 1.79. The van der Waals surface area contributed by atoms with E-state index in [0.29, 0.717) is 0 Å². The third-order valence-corrected chi connectivity index (χ3v) is 3.39. The van der Waals surface area contributed by atoms with Crippen molar-refractivity contribution in [3.8, 4) is 0 Å². The van der Waals surface area contributed by atoms with Gasteiger partial charge < -0.3 is 10.3 Å². The molecule has 0 saturated carbocycles. The lowest BCUT2D eigenvalue weighted by molar-refractivity contribution is 1.09. The standard InChI is InChI=1S/C15H13BrN2/c16-12-6-7-15-11(8-12)9-14(18-15)10-17-13-4-2-1-3-5-13/h1-9,17-18H,10H2. The highest BCUT2D eigenvalue weighted by Gasteiger charge is 2.01. The molecule has 0 aliphatic carbocycles. The van der Waals surface area contributed by atoms with Crippen LogP contribution in [0.2, 0.25) is 0 Å². The molecule has 0 aliphatic heterocycles. The molecule has 2 N–H and O–H groups in total. The zero-order valence-electron chi connectivity index (χ0n) is 9.78. The van der Waals surface area contributed by atoms with Crippen LogP contribution in [0.3, 0.4) is 0 Å². The first-order valence-electron chi connectivity index (χ1n) is 5.87. The number of H-pyrrole nitrogens is 1. The van der Waals surface area contributed by atoms with E-state index in [1.54, 1.807) is 0 Å². The van der Waals surface area contributed by atoms with E-state index in [1.807, 2.05) is 24.3 Å². The van der Waals surface area contributed by atoms with E-state index in [2.05, 4.69) is 56.6 Å². The molecule has 3 aromatic rings. The lowest BCUT2D eigenvalue weighted by Gasteiger charge is -2.03. The van der Waals surface area contributed by atoms with Crippen molar-refractivity contribution in [1.29, 1.82) is 0 Å². The largest absolute Gasteiger partial charge is 0.379 e. The Morgan fingerprint density at radius 1 is 1.00 bits per heavy atom. The molecule has 0 bridgehead atoms. The molecule has 1 aromatic heterocycles. The van der Waals surface area contributed by atoms with Crippen molar-refractivity contribution < 1.29 is 0 Å². The van der Waals surface area contributed by atoms with Gasteiger partial charge in [-0.25, -0.2) is 0 Å². The Morgan fingerprint density at radius 2 is 1.83 bits per heavy atom. The van der Waals surface area contributed by atoms with Gasteiger partial charge in [-0.3, -0.25) is 0 Å². The summed E-state index contributed by atoms with van der Waals surface area (Å²) >= 11 is 3.49. The summed E-state index contributed by atoms with van der Waals surface area (Å²) in [6.45, 7) is 0.802. The van der Waals surface area contributed by atoms with Crippen LogP contribution in [0.25, 0.3) is 10.9 Å². The van der Waals surface area contributed by atoms with E-state index in [1.165, 1.54) is 16.6 Å². The van der Waals surface area contributed by atoms with E-state index in [0.717, 1.165) is 16.7 Å². The van der Waals surface area contributed by atoms with Crippen LogP contribution in [0.4, 0.5) is 5.69 Å². The van der Waals surface area contributed by atoms with Gasteiger partial charge in [-0.15, -0.1) is 0 Å². The van der Waals surface area contributed by atoms with Crippen molar-refractivity contribution >= 4 is 32.5 Å². The van der Waals surface area contributed by atoms with Crippen LogP contribution in [-0.4, -0.2) is 4.98 Å². The lowest BCUT2D eigenvalue weighted by atomic mass is 10.2. The van der Waals surface area contributed by atoms with Crippen molar-refractivity contribution in [2.75, 3.05) is 5.32 Å². The minimum Gasteiger partial charge on any atom is -0.379 e. The third kappa shape index (κ3) is 2.41. The predicted octanol–water partition coefficient (Wildman–Crippen LogP) is 4.54. The number of anilines is 1. The fourth-order valence-electron chi connectivity index (χ4n) is 2.01. The number of rotatable bonds is 3. The highest BCUT2D eigenvalue weighted by atomic mass is 79.9. The number of aromatic nitrogens is 1. The van der Waals surface area contributed by atoms with Crippen LogP contribution in [0.1, 0.15) is 5.69 Å². The summed E-state index contributed by atoms with van der Waals surface area (Å²) in [5.74, 6) is 0. The Morgan fingerprint density at radius 3 is 2.67 bits per heavy atom. The highest BCUT2D eigenvalue weighted by Crippen LogP contribution is 2.21. The first-order valence-corrected chi connectivity index (χ1v) is 6.67. The monoisotopic (exact) mass is 300 g/mol. The van der Waals surface area contributed by atoms with E-state index in [9.17, 15) is 0 Å². The fraction of sp³-hybridized carbons (Fsp3) is 0.0667. The van der Waals surface area contributed by atoms with Gasteiger partial charge in [0.25, 0.3) is 0 Å². The molecule has 2 nitrogen and oxygen atoms in total. The van der Waals surface area contributed by atoms with Gasteiger partial charge in [0.15, 0.2) is 0 Å². The van der Waals surface area contributed by atoms with Crippen LogP contribution in [0.15, 0.2) is 59.1 Å². The number of fused-ring (bicyclic) bond motifs is 1. The molecule has 18 heavy (non-hydrogen) atoms. The van der Waals surface area contributed by atoms with E-state index in [4.69, 9.17) is 0 Å². The molecular formula is C15H13BrN2. The maximum Gasteiger partial charge on any atom is 0.0551 e. The zero-order chi connectivity index (χ0) is 12.4. The van der Waals surface area contributed by atoms with Gasteiger partial charge in [-0.2, -0.15) is 0 Å². The summed E-state index contributed by atoms with van der Waals surface area (Å²) < 4.78 is 1.11. The first-order chi connectivity index (χ1) is 8.81. The first kappa shape index (κ1) is 11.4. The molecule has 0 amide bonds. The number of hydrogen-bond acceptors (Lipinski definition) is 1. The highest BCUT2D eigenvalue weighted by molar-refractivity contribution is 9.10. The molecule has 1 heterocycles. The van der Waals surface area contributed by atoms with Crippen molar-refractivity contribution in [2.24, 2.45) is 0 Å². The number of benzene rings is 2. The number of para-hydroxylation sites is 1. The summed E-state index contributed by atoms with van der Waals surface area (Å²) in [5.41, 5.74) is 3.49. The maximum absolute atomic E-state index is 3.49. The second kappa shape index (κ2) is 4.86. The van der Waals surface area contributed by atoms with Crippen molar-refractivity contribution in [1.82, 2.24) is 4.98 Å². The zero-order valence-corrected chi connectivity index (χ0v) is 11.4. The quantitative estimate of drug-likeness (QED) is 0.730. The van der Waals surface area contributed by atoms with Gasteiger partial charge in [0, 0.05) is 26.8 Å². The summed E-state index contributed by atoms with van der Waals surface area (Å²) in [4.78, 5) is 3.41. The summed E-state index contributed by atoms with van der Waals surface area (Å²) in [6.07, 6.45) is 0. The van der Waals surface area contributed by atoms with Gasteiger partial charge in [-0.1, -0.05) is 34.1 Å². The molecule has 3 rings (SSSR count). The second-order valence-corrected chi connectivity index (χ2v) is 5.16. The van der Waals surface area contributed by atoms with Crippen LogP contribution in [-0.2, 0) is 6.54 Å². The minimum atomic E-state index is 0.802. The minimum absolute atomic E-state index is 0.802. The van der Waals surface area contributed by atoms with E-state index >= 15 is 0 Å². The second-order valence-electron chi connectivity index (χ2n) is 4.25. The van der Waals surface area contributed by atoms with Crippen molar-refractivity contribution in [2.45, 2.75) is 6.54 Å². The molecule has 0 fully saturated rings. The van der Waals surface area contributed by atoms with Crippen molar-refractivity contribution in [3.63, 3.8) is 0 Å². The van der Waals surface area contributed by atoms with Gasteiger partial charge in [0.2, 0.25) is 0 Å². The average Bonchev–Trinajstić information content (AvgIpc) is 2.79. The predicted molar refractivity (Wildman–Crippen MR) is 79.8 cm³/mol. The summed E-state index contributed by atoms with van der Waals surface area (Å²) in [5, 5.41) is 4.62. The van der Waals surface area contributed by atoms with Gasteiger partial charge in [0.05, 0.1) is 6.54 Å². The smallest absolute Gasteiger partial charge is 0.0551 e. The number of hydrogen-bond donors (Lipinski definition) is 2. The van der Waals surface area contributed by atoms with Crippen LogP contribution >= 0.6 is 15.9 Å². The van der Waals surface area contributed by atoms with Crippen LogP contribution in [0, 0.1) is 0 Å². The molecule has 0 atom stereocenters. The SMILES string of the molecule is Brc1ccc2[nH]c(CNc3ccccc3)cc2c1. The molecule has 90 valence electrons. The Hall–Kier alpha value is -1.74. The Labute approximate surface area is 114 Å². The fourth-order valence-corrected chi connectivity index (χ4v) is 2.39. The van der Waals surface area contributed by atoms with Gasteiger partial charge >= 0.3 is 0 Å². The normalized spacial score (nSPS) is 10.7. The van der Waals surface area contributed by atoms with E-state index < -0.39 is 0 Å². The summed E-state index contributed by atoms with van der Waals surface area (Å²) in [7, 11) is 0. The van der Waals surface area contributed by atoms with Gasteiger partial charge in [-0.05, 0) is 36.4 Å². The maximum atomic E-state index is 3.49. The Kier molecular flexibility index (Phi) is 3.07. The van der Waals surface area contributed by atoms with Crippen molar-refractivity contribution in [3.05, 3.63) is 64.8 Å². The summed E-state index contributed by atoms with van der Waals surface area (Å²) in [6, 6.07) is 18.7. The van der Waals surface area contributed by atoms with Gasteiger partial charge in [0.1, 0.15) is 0 Å². The van der Waals surface area contributed by atoms with E-state index in [-0.39, 0.29) is 0 Å². The topological polar surface area (TPSA) is 27.8 Å². The molecule has 0 aliphatic rings. The molecule has 2 aromatic carbocycles. The molecule has 3 heteroatoms. The number of nitrogens with one attached hydrogen (secondary N) is 2. The molecule has 0 saturated heterocycles. The Bertz CT molecular complexity index is 659. The third-order valence-electron chi connectivity index (χ3n) is 2.90. The molecular weight excluding hydrogens is 288 g/mol.